The summed E-state index contributed by atoms with van der Waals surface area (Å²) in [5, 5.41) is 0. The van der Waals surface area contributed by atoms with E-state index >= 15 is 0 Å². The van der Waals surface area contributed by atoms with E-state index in [1.807, 2.05) is 23.3 Å². The molecule has 0 saturated carbocycles. The average Bonchev–Trinajstić information content (AvgIpc) is 2.59. The number of rotatable bonds is 6. The van der Waals surface area contributed by atoms with Gasteiger partial charge in [-0.25, -0.2) is 17.6 Å². The topological polar surface area (TPSA) is 66.0 Å². The molecule has 0 bridgehead atoms. The first-order valence-electron chi connectivity index (χ1n) is 4.64. The van der Waals surface area contributed by atoms with E-state index in [2.05, 4.69) is 6.58 Å². The Balaban J connectivity index is 0.00000225. The normalized spacial score (nSPS) is 10.8. The summed E-state index contributed by atoms with van der Waals surface area (Å²) in [6.07, 6.45) is 8.30. The molecule has 0 aromatic carbocycles. The Kier molecular flexibility index (Phi) is 5.98. The van der Waals surface area contributed by atoms with Crippen LogP contribution in [0, 0.1) is 0 Å². The number of unbranched alkanes of at least 4 members (excludes halogenated alkanes) is 1. The van der Waals surface area contributed by atoms with Gasteiger partial charge in [0.25, 0.3) is 0 Å². The molecule has 0 fully saturated rings. The van der Waals surface area contributed by atoms with Crippen LogP contribution in [-0.4, -0.2) is 23.3 Å². The van der Waals surface area contributed by atoms with Gasteiger partial charge in [-0.05, 0) is 12.8 Å². The molecule has 5 nitrogen and oxygen atoms in total. The number of aryl methyl sites for hydroxylation is 1. The minimum Gasteiger partial charge on any atom is -0.748 e. The molecular weight excluding hydrogens is 228 g/mol. The molecule has 16 heavy (non-hydrogen) atoms. The largest absolute Gasteiger partial charge is 0.748 e. The third-order valence-corrected chi connectivity index (χ3v) is 2.77. The van der Waals surface area contributed by atoms with E-state index in [9.17, 15) is 13.0 Å². The lowest BCUT2D eigenvalue weighted by atomic mass is 10.3. The highest BCUT2D eigenvalue weighted by atomic mass is 32.2. The molecule has 0 amide bonds. The van der Waals surface area contributed by atoms with Crippen LogP contribution in [0.3, 0.4) is 0 Å². The summed E-state index contributed by atoms with van der Waals surface area (Å²) in [5.41, 5.74) is 0. The second-order valence-corrected chi connectivity index (χ2v) is 4.77. The molecule has 1 heterocycles. The van der Waals surface area contributed by atoms with Crippen LogP contribution in [0.5, 0.6) is 0 Å². The number of aromatic nitrogens is 2. The molecule has 1 aromatic rings. The molecule has 0 N–H and O–H groups in total. The van der Waals surface area contributed by atoms with E-state index in [0.717, 1.165) is 0 Å². The Bertz CT molecular complexity index is 423. The van der Waals surface area contributed by atoms with Crippen molar-refractivity contribution in [1.29, 1.82) is 0 Å². The maximum atomic E-state index is 10.3. The lowest BCUT2D eigenvalue weighted by Gasteiger charge is -2.04. The van der Waals surface area contributed by atoms with E-state index in [4.69, 9.17) is 0 Å². The van der Waals surface area contributed by atoms with Crippen molar-refractivity contribution in [2.75, 3.05) is 5.75 Å². The van der Waals surface area contributed by atoms with Crippen LogP contribution in [-0.2, 0) is 16.7 Å². The molecule has 1 rings (SSSR count). The van der Waals surface area contributed by atoms with Crippen molar-refractivity contribution in [2.24, 2.45) is 0 Å². The maximum Gasteiger partial charge on any atom is 0.248 e. The van der Waals surface area contributed by atoms with Crippen LogP contribution < -0.4 is 4.57 Å². The minimum atomic E-state index is -4.06. The summed E-state index contributed by atoms with van der Waals surface area (Å²) in [6, 6.07) is 0. The first-order chi connectivity index (χ1) is 7.01. The predicted molar refractivity (Wildman–Crippen MR) is 61.5 cm³/mol. The molecule has 0 aliphatic heterocycles. The van der Waals surface area contributed by atoms with Gasteiger partial charge in [0.1, 0.15) is 12.4 Å². The highest BCUT2D eigenvalue weighted by molar-refractivity contribution is 7.85. The van der Waals surface area contributed by atoms with Gasteiger partial charge < -0.3 is 4.55 Å². The van der Waals surface area contributed by atoms with Crippen molar-refractivity contribution in [3.05, 3.63) is 25.3 Å². The third kappa shape index (κ3) is 5.67. The number of hydrogen-bond acceptors (Lipinski definition) is 3. The first kappa shape index (κ1) is 14.9. The van der Waals surface area contributed by atoms with Crippen molar-refractivity contribution in [1.82, 2.24) is 4.57 Å². The second-order valence-electron chi connectivity index (χ2n) is 3.25. The molecule has 0 atom stereocenters. The van der Waals surface area contributed by atoms with Gasteiger partial charge in [-0.2, -0.15) is 0 Å². The van der Waals surface area contributed by atoms with Crippen molar-refractivity contribution in [3.63, 3.8) is 0 Å². The van der Waals surface area contributed by atoms with Crippen molar-refractivity contribution < 1.29 is 17.5 Å². The molecule has 0 radical (unpaired) electrons. The quantitative estimate of drug-likeness (QED) is 0.424. The van der Waals surface area contributed by atoms with Crippen LogP contribution in [0.4, 0.5) is 0 Å². The molecule has 92 valence electrons. The van der Waals surface area contributed by atoms with E-state index < -0.39 is 10.1 Å². The van der Waals surface area contributed by atoms with Crippen LogP contribution >= 0.6 is 0 Å². The number of hydrogen-bond donors (Lipinski definition) is 0. The molecular formula is C10H18N2O3S. The molecule has 0 saturated heterocycles. The molecule has 0 unspecified atom stereocenters. The lowest BCUT2D eigenvalue weighted by Crippen LogP contribution is -2.30. The van der Waals surface area contributed by atoms with Gasteiger partial charge in [0.05, 0.1) is 22.9 Å². The number of imidazole rings is 1. The smallest absolute Gasteiger partial charge is 0.248 e. The Morgan fingerprint density at radius 2 is 2.12 bits per heavy atom. The summed E-state index contributed by atoms with van der Waals surface area (Å²) < 4.78 is 34.7. The first-order valence-corrected chi connectivity index (χ1v) is 6.21. The highest BCUT2D eigenvalue weighted by Crippen LogP contribution is 1.94. The Labute approximate surface area is 96.8 Å². The minimum absolute atomic E-state index is 0. The van der Waals surface area contributed by atoms with E-state index in [1.165, 1.54) is 0 Å². The summed E-state index contributed by atoms with van der Waals surface area (Å²) in [7, 11) is -4.06. The van der Waals surface area contributed by atoms with Crippen molar-refractivity contribution >= 4 is 16.3 Å². The zero-order valence-electron chi connectivity index (χ0n) is 8.37. The van der Waals surface area contributed by atoms with Crippen LogP contribution in [0.2, 0.25) is 0 Å². The SMILES string of the molecule is C.C=Cn1cc[n+](CCCCS(=O)(=O)[O-])c1. The highest BCUT2D eigenvalue weighted by Gasteiger charge is 2.01. The van der Waals surface area contributed by atoms with Crippen LogP contribution in [0.25, 0.3) is 6.20 Å². The Morgan fingerprint density at radius 1 is 1.44 bits per heavy atom. The molecule has 0 aliphatic rings. The van der Waals surface area contributed by atoms with Gasteiger partial charge in [0.15, 0.2) is 0 Å². The fraction of sp³-hybridized carbons (Fsp3) is 0.500. The van der Waals surface area contributed by atoms with Crippen molar-refractivity contribution in [3.8, 4) is 0 Å². The monoisotopic (exact) mass is 246 g/mol. The Morgan fingerprint density at radius 3 is 2.62 bits per heavy atom. The Hall–Kier alpha value is -1.14. The standard InChI is InChI=1S/C9H14N2O3S.CH4/c1-2-10-6-7-11(9-10)5-3-4-8-15(12,13)14;/h2,6-7,9H,1,3-5,8H2;1H4. The summed E-state index contributed by atoms with van der Waals surface area (Å²) in [5.74, 6) is -0.282. The predicted octanol–water partition coefficient (Wildman–Crippen LogP) is 0.838. The van der Waals surface area contributed by atoms with Crippen LogP contribution in [0.15, 0.2) is 25.3 Å². The van der Waals surface area contributed by atoms with Gasteiger partial charge in [0.2, 0.25) is 6.33 Å². The van der Waals surface area contributed by atoms with E-state index in [-0.39, 0.29) is 13.2 Å². The molecule has 6 heteroatoms. The van der Waals surface area contributed by atoms with Crippen molar-refractivity contribution in [2.45, 2.75) is 26.8 Å². The van der Waals surface area contributed by atoms with Gasteiger partial charge in [-0.15, -0.1) is 0 Å². The zero-order chi connectivity index (χ0) is 11.3. The molecule has 1 aromatic heterocycles. The molecule has 0 spiro atoms. The lowest BCUT2D eigenvalue weighted by molar-refractivity contribution is -0.696. The molecule has 0 aliphatic carbocycles. The van der Waals surface area contributed by atoms with Gasteiger partial charge >= 0.3 is 0 Å². The zero-order valence-corrected chi connectivity index (χ0v) is 9.19. The summed E-state index contributed by atoms with van der Waals surface area (Å²) in [4.78, 5) is 0. The van der Waals surface area contributed by atoms with Gasteiger partial charge in [-0.1, -0.05) is 14.0 Å². The van der Waals surface area contributed by atoms with Gasteiger partial charge in [0, 0.05) is 5.75 Å². The maximum absolute atomic E-state index is 10.3. The summed E-state index contributed by atoms with van der Waals surface area (Å²) >= 11 is 0. The van der Waals surface area contributed by atoms with E-state index in [1.54, 1.807) is 10.8 Å². The number of nitrogens with zero attached hydrogens (tertiary/aromatic N) is 2. The van der Waals surface area contributed by atoms with Crippen LogP contribution in [0.1, 0.15) is 20.3 Å². The fourth-order valence-corrected chi connectivity index (χ4v) is 1.78. The second kappa shape index (κ2) is 6.44. The third-order valence-electron chi connectivity index (χ3n) is 1.98. The van der Waals surface area contributed by atoms with Gasteiger partial charge in [-0.3, -0.25) is 0 Å². The average molecular weight is 246 g/mol. The fourth-order valence-electron chi connectivity index (χ4n) is 1.22. The van der Waals surface area contributed by atoms with E-state index in [0.29, 0.717) is 19.4 Å². The summed E-state index contributed by atoms with van der Waals surface area (Å²) in [6.45, 7) is 4.31.